The van der Waals surface area contributed by atoms with Crippen LogP contribution in [0.25, 0.3) is 33.9 Å². The van der Waals surface area contributed by atoms with Gasteiger partial charge in [-0.3, -0.25) is 9.59 Å². The molecule has 102 heavy (non-hydrogen) atoms. The number of carbonyl (C=O) groups is 2. The molecule has 0 saturated carbocycles. The Hall–Kier alpha value is -8.04. The van der Waals surface area contributed by atoms with E-state index in [1.165, 1.54) is 31.1 Å². The second kappa shape index (κ2) is 30.7. The summed E-state index contributed by atoms with van der Waals surface area (Å²) in [6.45, 7) is 2.41. The molecule has 0 spiro atoms. The van der Waals surface area contributed by atoms with Gasteiger partial charge in [0.25, 0.3) is 0 Å². The van der Waals surface area contributed by atoms with Crippen LogP contribution in [0.3, 0.4) is 0 Å². The number of hydrogen-bond donors (Lipinski definition) is 2. The summed E-state index contributed by atoms with van der Waals surface area (Å²) >= 11 is 38.4. The van der Waals surface area contributed by atoms with E-state index in [0.717, 1.165) is 24.3 Å². The highest BCUT2D eigenvalue weighted by molar-refractivity contribution is 6.35. The van der Waals surface area contributed by atoms with Crippen LogP contribution in [0.2, 0.25) is 30.1 Å². The second-order valence-corrected chi connectivity index (χ2v) is 26.7. The standard InChI is InChI=1S/C68H58Cl6F4N14O10/c1-33-81-65(91(85-33)49-25-39(69)15-17-41(49)71)63-61(57(59-51(99-63)29-97-67(101-59)35-11-5-3-6-12-35)89-27-47(83-87-89)37-21-43(75)55(73)44(76)22-37)95-31-53(93)79-19-9-10-20-80-54(94)32-96-62-58(90-28-48(84-88-90)38-23-45(77)56(74)46(78)24-38)60-52(30-98-68(102-60)36-13-7-4-8-14-36)100-64(62)66-82-34(2)86-92(66)50-26-40(70)16-18-42(50)72/h3-8,11-18,21-28,51-52,57-64,67-68H,9-10,19-20,29-32H2,1-2H3,(H,79,93)(H,80,94). The number of unbranched alkanes of at least 4 members (excludes halogenated alkanes) is 1. The third-order valence-corrected chi connectivity index (χ3v) is 19.2. The molecule has 8 heterocycles. The number of hydrogen-bond acceptors (Lipinski definition) is 18. The maximum absolute atomic E-state index is 15.0. The summed E-state index contributed by atoms with van der Waals surface area (Å²) in [6, 6.07) is 30.0. The zero-order valence-corrected chi connectivity index (χ0v) is 58.1. The van der Waals surface area contributed by atoms with Crippen molar-refractivity contribution < 1.29 is 65.0 Å². The van der Waals surface area contributed by atoms with E-state index in [1.54, 1.807) is 50.2 Å². The summed E-state index contributed by atoms with van der Waals surface area (Å²) in [4.78, 5) is 37.9. The number of nitrogens with one attached hydrogen (secondary N) is 2. The topological polar surface area (TPSA) is 255 Å². The Morgan fingerprint density at radius 2 is 0.922 bits per heavy atom. The average Bonchev–Trinajstić information content (AvgIpc) is 1.39. The Balaban J connectivity index is 0.695. The molecule has 530 valence electrons. The fourth-order valence-electron chi connectivity index (χ4n) is 12.7. The van der Waals surface area contributed by atoms with E-state index >= 15 is 0 Å². The van der Waals surface area contributed by atoms with Crippen molar-refractivity contribution in [1.29, 1.82) is 0 Å². The van der Waals surface area contributed by atoms with Crippen LogP contribution < -0.4 is 10.6 Å². The van der Waals surface area contributed by atoms with E-state index in [2.05, 4.69) is 41.5 Å². The highest BCUT2D eigenvalue weighted by Crippen LogP contribution is 2.49. The molecular formula is C68H58Cl6F4N14O10. The fraction of sp³-hybridized carbons (Fsp3) is 0.324. The lowest BCUT2D eigenvalue weighted by Gasteiger charge is -2.49. The van der Waals surface area contributed by atoms with Crippen molar-refractivity contribution in [2.75, 3.05) is 39.5 Å². The van der Waals surface area contributed by atoms with Crippen molar-refractivity contribution in [3.05, 3.63) is 222 Å². The van der Waals surface area contributed by atoms with Gasteiger partial charge in [-0.25, -0.2) is 46.3 Å². The summed E-state index contributed by atoms with van der Waals surface area (Å²) in [7, 11) is 0. The van der Waals surface area contributed by atoms with Crippen LogP contribution in [0.1, 0.15) is 84.1 Å². The van der Waals surface area contributed by atoms with Gasteiger partial charge in [0.05, 0.1) is 47.0 Å². The van der Waals surface area contributed by atoms with Gasteiger partial charge in [-0.15, -0.1) is 10.2 Å². The Morgan fingerprint density at radius 1 is 0.529 bits per heavy atom. The fourth-order valence-corrected chi connectivity index (χ4v) is 13.6. The Bertz CT molecular complexity index is 4380. The van der Waals surface area contributed by atoms with Gasteiger partial charge in [0.2, 0.25) is 11.8 Å². The number of aryl methyl sites for hydroxylation is 2. The van der Waals surface area contributed by atoms with Crippen LogP contribution in [0.5, 0.6) is 0 Å². The van der Waals surface area contributed by atoms with Crippen LogP contribution in [0.15, 0.2) is 134 Å². The number of rotatable bonds is 21. The number of aromatic nitrogens is 12. The molecule has 0 aliphatic carbocycles. The van der Waals surface area contributed by atoms with E-state index in [1.807, 2.05) is 60.7 Å². The van der Waals surface area contributed by atoms with Crippen LogP contribution in [-0.4, -0.2) is 147 Å². The normalized spacial score (nSPS) is 23.4. The van der Waals surface area contributed by atoms with E-state index in [4.69, 9.17) is 117 Å². The number of nitrogens with zero attached hydrogens (tertiary/aromatic N) is 12. The van der Waals surface area contributed by atoms with E-state index in [9.17, 15) is 27.2 Å². The molecule has 2 amide bonds. The largest absolute Gasteiger partial charge is 0.363 e. The van der Waals surface area contributed by atoms with Gasteiger partial charge in [-0.2, -0.15) is 10.2 Å². The van der Waals surface area contributed by atoms with E-state index < -0.39 is 132 Å². The maximum Gasteiger partial charge on any atom is 0.246 e. The minimum Gasteiger partial charge on any atom is -0.363 e. The Labute approximate surface area is 608 Å². The van der Waals surface area contributed by atoms with Crippen LogP contribution in [-0.2, 0) is 47.5 Å². The number of ether oxygens (including phenoxy) is 8. The molecule has 12 atom stereocenters. The number of halogens is 10. The molecule has 2 N–H and O–H groups in total. The number of carbonyl (C=O) groups excluding carboxylic acids is 2. The molecule has 0 radical (unpaired) electrons. The highest BCUT2D eigenvalue weighted by Gasteiger charge is 2.56. The minimum absolute atomic E-state index is 0.0179. The van der Waals surface area contributed by atoms with Crippen LogP contribution >= 0.6 is 69.6 Å². The third-order valence-electron chi connectivity index (χ3n) is 17.4. The monoisotopic (exact) mass is 1520 g/mol. The maximum atomic E-state index is 15.0. The first kappa shape index (κ1) is 71.0. The summed E-state index contributed by atoms with van der Waals surface area (Å²) in [5.41, 5.74) is 2.23. The quantitative estimate of drug-likeness (QED) is 0.0385. The molecule has 4 aliphatic heterocycles. The van der Waals surface area contributed by atoms with Gasteiger partial charge in [-0.05, 0) is 87.4 Å². The van der Waals surface area contributed by atoms with Gasteiger partial charge in [0.1, 0.15) is 130 Å². The molecule has 12 unspecified atom stereocenters. The summed E-state index contributed by atoms with van der Waals surface area (Å²) in [5, 5.41) is 32.6. The predicted molar refractivity (Wildman–Crippen MR) is 361 cm³/mol. The first-order valence-corrected chi connectivity index (χ1v) is 34.2. The van der Waals surface area contributed by atoms with Gasteiger partial charge in [-0.1, -0.05) is 141 Å². The molecule has 4 aromatic heterocycles. The Kier molecular flexibility index (Phi) is 21.4. The van der Waals surface area contributed by atoms with Crippen molar-refractivity contribution in [1.82, 2.24) is 70.2 Å². The molecule has 4 fully saturated rings. The molecule has 6 aromatic carbocycles. The average molecular weight is 1520 g/mol. The van der Waals surface area contributed by atoms with Crippen LogP contribution in [0.4, 0.5) is 17.6 Å². The van der Waals surface area contributed by atoms with E-state index in [-0.39, 0.29) is 70.5 Å². The second-order valence-electron chi connectivity index (χ2n) is 24.2. The van der Waals surface area contributed by atoms with Gasteiger partial charge >= 0.3 is 0 Å². The lowest BCUT2D eigenvalue weighted by molar-refractivity contribution is -0.322. The first-order valence-electron chi connectivity index (χ1n) is 31.9. The molecule has 0 bridgehead atoms. The summed E-state index contributed by atoms with van der Waals surface area (Å²) in [5.74, 6) is -4.19. The zero-order chi connectivity index (χ0) is 71.0. The van der Waals surface area contributed by atoms with Crippen molar-refractivity contribution in [2.45, 2.75) is 100 Å². The molecule has 4 aliphatic rings. The van der Waals surface area contributed by atoms with Crippen molar-refractivity contribution >= 4 is 81.4 Å². The molecule has 24 nitrogen and oxygen atoms in total. The molecule has 34 heteroatoms. The lowest BCUT2D eigenvalue weighted by Crippen LogP contribution is -2.58. The van der Waals surface area contributed by atoms with Gasteiger partial charge in [0.15, 0.2) is 24.2 Å². The zero-order valence-electron chi connectivity index (χ0n) is 53.5. The number of benzene rings is 6. The molecule has 4 saturated heterocycles. The smallest absolute Gasteiger partial charge is 0.246 e. The first-order chi connectivity index (χ1) is 49.3. The predicted octanol–water partition coefficient (Wildman–Crippen LogP) is 12.5. The van der Waals surface area contributed by atoms with Crippen molar-refractivity contribution in [2.24, 2.45) is 0 Å². The summed E-state index contributed by atoms with van der Waals surface area (Å²) in [6.07, 6.45) is -6.68. The van der Waals surface area contributed by atoms with Gasteiger partial charge in [0, 0.05) is 45.4 Å². The van der Waals surface area contributed by atoms with Gasteiger partial charge < -0.3 is 48.5 Å². The van der Waals surface area contributed by atoms with Crippen molar-refractivity contribution in [3.8, 4) is 33.9 Å². The third kappa shape index (κ3) is 15.0. The molecular weight excluding hydrogens is 1460 g/mol. The number of fused-ring (bicyclic) bond motifs is 2. The highest BCUT2D eigenvalue weighted by atomic mass is 35.5. The molecule has 14 rings (SSSR count). The Morgan fingerprint density at radius 3 is 1.31 bits per heavy atom. The lowest BCUT2D eigenvalue weighted by atomic mass is 9.90. The SMILES string of the molecule is Cc1nc(C2OC3COC(c4ccccc4)OC3C(n3cc(-c4cc(F)c(Cl)c(F)c4)nn3)C2OCC(=O)NCCCCNC(=O)COC2C(c3nc(C)nn3-c3cc(Cl)ccc3Cl)OC3COC(c4ccccc4)OC3C2n2cc(-c3cc(F)c(Cl)c(F)c3)nn2)n(-c2cc(Cl)ccc2Cl)n1. The van der Waals surface area contributed by atoms with Crippen LogP contribution in [0, 0.1) is 37.1 Å². The van der Waals surface area contributed by atoms with Crippen molar-refractivity contribution in [3.63, 3.8) is 0 Å². The van der Waals surface area contributed by atoms with E-state index in [0.29, 0.717) is 57.0 Å². The minimum atomic E-state index is -1.23. The number of amides is 2. The summed E-state index contributed by atoms with van der Waals surface area (Å²) < 4.78 is 119. The molecule has 10 aromatic rings.